The fourth-order valence-corrected chi connectivity index (χ4v) is 3.03. The zero-order valence-corrected chi connectivity index (χ0v) is 14.9. The van der Waals surface area contributed by atoms with Crippen molar-refractivity contribution < 1.29 is 13.6 Å². The molecule has 0 aliphatic carbocycles. The normalized spacial score (nSPS) is 10.9. The molecule has 27 heavy (non-hydrogen) atoms. The van der Waals surface area contributed by atoms with E-state index in [1.165, 1.54) is 24.3 Å². The standard InChI is InChI=1S/C22H17FN2O2/c1-13-9-14(2)11-16(10-13)22-25-19-12-18(7-8-20(19)27-22)24-21(26)15-3-5-17(23)6-4-15/h3-12H,1-2H3,(H,24,26). The van der Waals surface area contributed by atoms with E-state index in [2.05, 4.69) is 16.4 Å². The average Bonchev–Trinajstić information content (AvgIpc) is 3.05. The second kappa shape index (κ2) is 6.68. The first-order valence-electron chi connectivity index (χ1n) is 8.54. The fraction of sp³-hybridized carbons (Fsp3) is 0.0909. The summed E-state index contributed by atoms with van der Waals surface area (Å²) in [4.78, 5) is 16.8. The van der Waals surface area contributed by atoms with Crippen LogP contribution in [0.4, 0.5) is 10.1 Å². The third-order valence-electron chi connectivity index (χ3n) is 4.22. The van der Waals surface area contributed by atoms with E-state index in [1.807, 2.05) is 26.0 Å². The molecule has 0 fully saturated rings. The summed E-state index contributed by atoms with van der Waals surface area (Å²) in [5.74, 6) is -0.152. The Balaban J connectivity index is 1.62. The summed E-state index contributed by atoms with van der Waals surface area (Å²) in [5.41, 5.74) is 5.47. The van der Waals surface area contributed by atoms with Gasteiger partial charge in [-0.15, -0.1) is 0 Å². The number of benzene rings is 3. The van der Waals surface area contributed by atoms with Crippen LogP contribution in [0.3, 0.4) is 0 Å². The van der Waals surface area contributed by atoms with Crippen LogP contribution >= 0.6 is 0 Å². The van der Waals surface area contributed by atoms with Crippen molar-refractivity contribution >= 4 is 22.7 Å². The summed E-state index contributed by atoms with van der Waals surface area (Å²) in [6.07, 6.45) is 0. The lowest BCUT2D eigenvalue weighted by Crippen LogP contribution is -2.11. The van der Waals surface area contributed by atoms with Gasteiger partial charge in [0.15, 0.2) is 5.58 Å². The summed E-state index contributed by atoms with van der Waals surface area (Å²) < 4.78 is 18.8. The number of aromatic nitrogens is 1. The van der Waals surface area contributed by atoms with E-state index in [1.54, 1.807) is 18.2 Å². The lowest BCUT2D eigenvalue weighted by Gasteiger charge is -2.04. The maximum absolute atomic E-state index is 13.0. The molecule has 0 saturated carbocycles. The number of fused-ring (bicyclic) bond motifs is 1. The van der Waals surface area contributed by atoms with Crippen LogP contribution in [0.5, 0.6) is 0 Å². The van der Waals surface area contributed by atoms with Gasteiger partial charge in [-0.25, -0.2) is 9.37 Å². The first-order valence-corrected chi connectivity index (χ1v) is 8.54. The van der Waals surface area contributed by atoms with Crippen molar-refractivity contribution in [2.24, 2.45) is 0 Å². The monoisotopic (exact) mass is 360 g/mol. The maximum atomic E-state index is 13.0. The van der Waals surface area contributed by atoms with Crippen molar-refractivity contribution in [3.8, 4) is 11.5 Å². The predicted molar refractivity (Wildman–Crippen MR) is 103 cm³/mol. The van der Waals surface area contributed by atoms with Crippen LogP contribution in [0.15, 0.2) is 65.1 Å². The molecule has 0 unspecified atom stereocenters. The number of nitrogens with zero attached hydrogens (tertiary/aromatic N) is 1. The van der Waals surface area contributed by atoms with E-state index in [0.717, 1.165) is 16.7 Å². The summed E-state index contributed by atoms with van der Waals surface area (Å²) in [6, 6.07) is 16.8. The van der Waals surface area contributed by atoms with Crippen LogP contribution in [0, 0.1) is 19.7 Å². The lowest BCUT2D eigenvalue weighted by molar-refractivity contribution is 0.102. The van der Waals surface area contributed by atoms with Crippen molar-refractivity contribution in [1.29, 1.82) is 0 Å². The van der Waals surface area contributed by atoms with Gasteiger partial charge >= 0.3 is 0 Å². The number of carbonyl (C=O) groups is 1. The zero-order valence-electron chi connectivity index (χ0n) is 14.9. The largest absolute Gasteiger partial charge is 0.436 e. The van der Waals surface area contributed by atoms with Crippen LogP contribution in [0.25, 0.3) is 22.6 Å². The molecule has 134 valence electrons. The van der Waals surface area contributed by atoms with E-state index in [4.69, 9.17) is 4.42 Å². The van der Waals surface area contributed by atoms with Gasteiger partial charge in [0.1, 0.15) is 11.3 Å². The highest BCUT2D eigenvalue weighted by Crippen LogP contribution is 2.27. The van der Waals surface area contributed by atoms with Gasteiger partial charge in [0.25, 0.3) is 5.91 Å². The Morgan fingerprint density at radius 2 is 1.67 bits per heavy atom. The molecule has 4 nitrogen and oxygen atoms in total. The molecule has 0 radical (unpaired) electrons. The SMILES string of the molecule is Cc1cc(C)cc(-c2nc3cc(NC(=O)c4ccc(F)cc4)ccc3o2)c1. The first-order chi connectivity index (χ1) is 13.0. The smallest absolute Gasteiger partial charge is 0.255 e. The number of hydrogen-bond donors (Lipinski definition) is 1. The number of aryl methyl sites for hydroxylation is 2. The quantitative estimate of drug-likeness (QED) is 0.525. The number of hydrogen-bond acceptors (Lipinski definition) is 3. The highest BCUT2D eigenvalue weighted by molar-refractivity contribution is 6.04. The molecule has 1 heterocycles. The summed E-state index contributed by atoms with van der Waals surface area (Å²) in [6.45, 7) is 4.06. The number of nitrogens with one attached hydrogen (secondary N) is 1. The van der Waals surface area contributed by atoms with Gasteiger partial charge in [-0.1, -0.05) is 17.2 Å². The third-order valence-corrected chi connectivity index (χ3v) is 4.22. The van der Waals surface area contributed by atoms with E-state index < -0.39 is 0 Å². The molecule has 1 N–H and O–H groups in total. The number of amides is 1. The lowest BCUT2D eigenvalue weighted by atomic mass is 10.1. The Morgan fingerprint density at radius 3 is 2.37 bits per heavy atom. The zero-order chi connectivity index (χ0) is 19.0. The third kappa shape index (κ3) is 3.58. The van der Waals surface area contributed by atoms with Crippen LogP contribution in [-0.4, -0.2) is 10.9 Å². The van der Waals surface area contributed by atoms with Crippen molar-refractivity contribution in [1.82, 2.24) is 4.98 Å². The molecule has 0 atom stereocenters. The number of oxazole rings is 1. The molecule has 1 aromatic heterocycles. The van der Waals surface area contributed by atoms with Crippen molar-refractivity contribution in [3.63, 3.8) is 0 Å². The van der Waals surface area contributed by atoms with Crippen LogP contribution in [-0.2, 0) is 0 Å². The van der Waals surface area contributed by atoms with Gasteiger partial charge in [0.2, 0.25) is 5.89 Å². The number of anilines is 1. The highest BCUT2D eigenvalue weighted by atomic mass is 19.1. The molecule has 0 saturated heterocycles. The summed E-state index contributed by atoms with van der Waals surface area (Å²) in [5, 5.41) is 2.79. The average molecular weight is 360 g/mol. The second-order valence-corrected chi connectivity index (χ2v) is 6.54. The molecule has 4 aromatic rings. The van der Waals surface area contributed by atoms with Crippen LogP contribution in [0.2, 0.25) is 0 Å². The van der Waals surface area contributed by atoms with E-state index >= 15 is 0 Å². The summed E-state index contributed by atoms with van der Waals surface area (Å²) in [7, 11) is 0. The molecule has 1 amide bonds. The van der Waals surface area contributed by atoms with Gasteiger partial charge in [-0.05, 0) is 68.4 Å². The Morgan fingerprint density at radius 1 is 0.963 bits per heavy atom. The Bertz CT molecular complexity index is 1130. The molecule has 4 rings (SSSR count). The molecular formula is C22H17FN2O2. The van der Waals surface area contributed by atoms with Crippen molar-refractivity contribution in [3.05, 3.63) is 83.2 Å². The molecule has 0 bridgehead atoms. The maximum Gasteiger partial charge on any atom is 0.255 e. The minimum Gasteiger partial charge on any atom is -0.436 e. The molecule has 0 aliphatic rings. The van der Waals surface area contributed by atoms with Gasteiger partial charge in [0.05, 0.1) is 0 Å². The van der Waals surface area contributed by atoms with Gasteiger partial charge in [-0.3, -0.25) is 4.79 Å². The number of rotatable bonds is 3. The first kappa shape index (κ1) is 17.0. The molecule has 3 aromatic carbocycles. The Kier molecular flexibility index (Phi) is 4.20. The topological polar surface area (TPSA) is 55.1 Å². The van der Waals surface area contributed by atoms with Crippen molar-refractivity contribution in [2.45, 2.75) is 13.8 Å². The molecule has 5 heteroatoms. The second-order valence-electron chi connectivity index (χ2n) is 6.54. The predicted octanol–water partition coefficient (Wildman–Crippen LogP) is 5.50. The Labute approximate surface area is 155 Å². The van der Waals surface area contributed by atoms with Crippen molar-refractivity contribution in [2.75, 3.05) is 5.32 Å². The van der Waals surface area contributed by atoms with Gasteiger partial charge in [0, 0.05) is 16.8 Å². The van der Waals surface area contributed by atoms with Crippen LogP contribution in [0.1, 0.15) is 21.5 Å². The van der Waals surface area contributed by atoms with E-state index in [0.29, 0.717) is 28.2 Å². The highest BCUT2D eigenvalue weighted by Gasteiger charge is 2.11. The molecular weight excluding hydrogens is 343 g/mol. The molecule has 0 spiro atoms. The van der Waals surface area contributed by atoms with E-state index in [-0.39, 0.29) is 11.7 Å². The van der Waals surface area contributed by atoms with Gasteiger partial charge in [-0.2, -0.15) is 0 Å². The minimum absolute atomic E-state index is 0.313. The van der Waals surface area contributed by atoms with E-state index in [9.17, 15) is 9.18 Å². The fourth-order valence-electron chi connectivity index (χ4n) is 3.03. The summed E-state index contributed by atoms with van der Waals surface area (Å²) >= 11 is 0. The van der Waals surface area contributed by atoms with Crippen LogP contribution < -0.4 is 5.32 Å². The minimum atomic E-state index is -0.380. The Hall–Kier alpha value is -3.47. The van der Waals surface area contributed by atoms with Gasteiger partial charge < -0.3 is 9.73 Å². The molecule has 0 aliphatic heterocycles. The number of halogens is 1. The number of carbonyl (C=O) groups excluding carboxylic acids is 1.